The van der Waals surface area contributed by atoms with Gasteiger partial charge in [-0.2, -0.15) is 0 Å². The first-order chi connectivity index (χ1) is 9.02. The Hall–Kier alpha value is -0.300. The van der Waals surface area contributed by atoms with Gasteiger partial charge in [-0.05, 0) is 37.1 Å². The van der Waals surface area contributed by atoms with Gasteiger partial charge in [-0.25, -0.2) is 0 Å². The molecule has 0 saturated heterocycles. The Labute approximate surface area is 122 Å². The SMILES string of the molecule is CCNC(/C=C\CCCCC(CC)C(C)C)C(C)C. The van der Waals surface area contributed by atoms with E-state index in [-0.39, 0.29) is 0 Å². The van der Waals surface area contributed by atoms with Crippen LogP contribution < -0.4 is 5.32 Å². The number of hydrogen-bond acceptors (Lipinski definition) is 1. The number of nitrogens with one attached hydrogen (secondary N) is 1. The van der Waals surface area contributed by atoms with Gasteiger partial charge in [0.15, 0.2) is 0 Å². The summed E-state index contributed by atoms with van der Waals surface area (Å²) in [6, 6.07) is 0.545. The Morgan fingerprint density at radius 2 is 1.63 bits per heavy atom. The maximum Gasteiger partial charge on any atom is 0.0272 e. The molecule has 0 amide bonds. The Kier molecular flexibility index (Phi) is 11.3. The second kappa shape index (κ2) is 11.5. The third kappa shape index (κ3) is 9.27. The third-order valence-corrected chi connectivity index (χ3v) is 4.16. The maximum atomic E-state index is 3.53. The summed E-state index contributed by atoms with van der Waals surface area (Å²) in [4.78, 5) is 0. The van der Waals surface area contributed by atoms with Gasteiger partial charge in [-0.3, -0.25) is 0 Å². The fourth-order valence-electron chi connectivity index (χ4n) is 2.68. The van der Waals surface area contributed by atoms with Gasteiger partial charge < -0.3 is 5.32 Å². The van der Waals surface area contributed by atoms with Crippen LogP contribution in [0.4, 0.5) is 0 Å². The molecule has 0 radical (unpaired) electrons. The first kappa shape index (κ1) is 18.7. The molecule has 0 aliphatic rings. The summed E-state index contributed by atoms with van der Waals surface area (Å²) in [5.74, 6) is 2.45. The van der Waals surface area contributed by atoms with Crippen LogP contribution in [0.15, 0.2) is 12.2 Å². The molecular formula is C18H37N. The molecule has 19 heavy (non-hydrogen) atoms. The molecule has 0 spiro atoms. The maximum absolute atomic E-state index is 3.53. The van der Waals surface area contributed by atoms with E-state index in [1.807, 2.05) is 0 Å². The molecule has 0 aromatic heterocycles. The lowest BCUT2D eigenvalue weighted by atomic mass is 9.88. The number of allylic oxidation sites excluding steroid dienone is 1. The molecule has 0 rings (SSSR count). The Bertz CT molecular complexity index is 218. The molecule has 114 valence electrons. The summed E-state index contributed by atoms with van der Waals surface area (Å²) >= 11 is 0. The van der Waals surface area contributed by atoms with E-state index in [1.54, 1.807) is 0 Å². The van der Waals surface area contributed by atoms with Crippen molar-refractivity contribution in [1.29, 1.82) is 0 Å². The van der Waals surface area contributed by atoms with E-state index in [1.165, 1.54) is 32.1 Å². The van der Waals surface area contributed by atoms with Crippen molar-refractivity contribution >= 4 is 0 Å². The van der Waals surface area contributed by atoms with E-state index in [4.69, 9.17) is 0 Å². The Morgan fingerprint density at radius 1 is 0.947 bits per heavy atom. The smallest absolute Gasteiger partial charge is 0.0272 e. The van der Waals surface area contributed by atoms with Gasteiger partial charge in [-0.15, -0.1) is 0 Å². The molecule has 1 heteroatoms. The molecule has 0 aliphatic carbocycles. The van der Waals surface area contributed by atoms with Crippen molar-refractivity contribution in [2.45, 2.75) is 79.7 Å². The van der Waals surface area contributed by atoms with Crippen LogP contribution in [0.3, 0.4) is 0 Å². The number of unbranched alkanes of at least 4 members (excludes halogenated alkanes) is 2. The molecule has 1 N–H and O–H groups in total. The molecule has 0 fully saturated rings. The third-order valence-electron chi connectivity index (χ3n) is 4.16. The number of rotatable bonds is 11. The van der Waals surface area contributed by atoms with Crippen molar-refractivity contribution < 1.29 is 0 Å². The van der Waals surface area contributed by atoms with E-state index >= 15 is 0 Å². The van der Waals surface area contributed by atoms with Gasteiger partial charge in [0.2, 0.25) is 0 Å². The van der Waals surface area contributed by atoms with Crippen LogP contribution in [0.25, 0.3) is 0 Å². The molecule has 0 bridgehead atoms. The van der Waals surface area contributed by atoms with Crippen LogP contribution >= 0.6 is 0 Å². The predicted molar refractivity (Wildman–Crippen MR) is 88.5 cm³/mol. The van der Waals surface area contributed by atoms with Crippen molar-refractivity contribution in [3.8, 4) is 0 Å². The molecular weight excluding hydrogens is 230 g/mol. The van der Waals surface area contributed by atoms with Crippen molar-refractivity contribution in [1.82, 2.24) is 5.32 Å². The molecule has 0 aromatic carbocycles. The van der Waals surface area contributed by atoms with Crippen molar-refractivity contribution in [3.63, 3.8) is 0 Å². The first-order valence-corrected chi connectivity index (χ1v) is 8.42. The van der Waals surface area contributed by atoms with E-state index in [0.717, 1.165) is 18.4 Å². The van der Waals surface area contributed by atoms with Crippen LogP contribution in [0.2, 0.25) is 0 Å². The Morgan fingerprint density at radius 3 is 2.11 bits per heavy atom. The molecule has 0 heterocycles. The highest BCUT2D eigenvalue weighted by molar-refractivity contribution is 4.94. The second-order valence-electron chi connectivity index (χ2n) is 6.45. The average Bonchev–Trinajstić information content (AvgIpc) is 2.35. The van der Waals surface area contributed by atoms with Crippen LogP contribution in [0.1, 0.15) is 73.6 Å². The van der Waals surface area contributed by atoms with Gasteiger partial charge in [0, 0.05) is 6.04 Å². The first-order valence-electron chi connectivity index (χ1n) is 8.42. The quantitative estimate of drug-likeness (QED) is 0.389. The standard InChI is InChI=1S/C18H37N/c1-7-17(15(3)4)13-11-9-10-12-14-18(16(5)6)19-8-2/h12,14-19H,7-11,13H2,1-6H3/b14-12-. The highest BCUT2D eigenvalue weighted by Crippen LogP contribution is 2.21. The average molecular weight is 268 g/mol. The van der Waals surface area contributed by atoms with Crippen molar-refractivity contribution in [2.24, 2.45) is 17.8 Å². The van der Waals surface area contributed by atoms with Crippen LogP contribution in [0, 0.1) is 17.8 Å². The number of hydrogen-bond donors (Lipinski definition) is 1. The zero-order valence-corrected chi connectivity index (χ0v) is 14.2. The minimum absolute atomic E-state index is 0.545. The van der Waals surface area contributed by atoms with E-state index in [2.05, 4.69) is 59.0 Å². The van der Waals surface area contributed by atoms with Gasteiger partial charge in [-0.1, -0.05) is 73.0 Å². The summed E-state index contributed by atoms with van der Waals surface area (Å²) < 4.78 is 0. The fourth-order valence-corrected chi connectivity index (χ4v) is 2.68. The molecule has 1 nitrogen and oxygen atoms in total. The summed E-state index contributed by atoms with van der Waals surface area (Å²) in [5.41, 5.74) is 0. The summed E-state index contributed by atoms with van der Waals surface area (Å²) in [6.07, 6.45) is 11.5. The van der Waals surface area contributed by atoms with E-state index < -0.39 is 0 Å². The minimum Gasteiger partial charge on any atom is -0.311 e. The van der Waals surface area contributed by atoms with Crippen molar-refractivity contribution in [3.05, 3.63) is 12.2 Å². The monoisotopic (exact) mass is 267 g/mol. The van der Waals surface area contributed by atoms with Crippen molar-refractivity contribution in [2.75, 3.05) is 6.54 Å². The lowest BCUT2D eigenvalue weighted by Gasteiger charge is -2.18. The molecule has 0 aromatic rings. The molecule has 2 atom stereocenters. The summed E-state index contributed by atoms with van der Waals surface area (Å²) in [6.45, 7) is 14.8. The zero-order chi connectivity index (χ0) is 14.7. The largest absolute Gasteiger partial charge is 0.311 e. The van der Waals surface area contributed by atoms with Gasteiger partial charge in [0.25, 0.3) is 0 Å². The highest BCUT2D eigenvalue weighted by atomic mass is 14.9. The molecule has 2 unspecified atom stereocenters. The van der Waals surface area contributed by atoms with E-state index in [9.17, 15) is 0 Å². The van der Waals surface area contributed by atoms with Gasteiger partial charge in [0.1, 0.15) is 0 Å². The van der Waals surface area contributed by atoms with Crippen LogP contribution in [0.5, 0.6) is 0 Å². The zero-order valence-electron chi connectivity index (χ0n) is 14.2. The molecule has 0 saturated carbocycles. The lowest BCUT2D eigenvalue weighted by molar-refractivity contribution is 0.338. The summed E-state index contributed by atoms with van der Waals surface area (Å²) in [7, 11) is 0. The Balaban J connectivity index is 3.77. The normalized spacial score (nSPS) is 15.6. The predicted octanol–water partition coefficient (Wildman–Crippen LogP) is 5.42. The van der Waals surface area contributed by atoms with Crippen LogP contribution in [-0.4, -0.2) is 12.6 Å². The number of likely N-dealkylation sites (N-methyl/N-ethyl adjacent to an activating group) is 1. The van der Waals surface area contributed by atoms with Gasteiger partial charge in [0.05, 0.1) is 0 Å². The summed E-state index contributed by atoms with van der Waals surface area (Å²) in [5, 5.41) is 3.53. The van der Waals surface area contributed by atoms with Gasteiger partial charge >= 0.3 is 0 Å². The fraction of sp³-hybridized carbons (Fsp3) is 0.889. The van der Waals surface area contributed by atoms with Crippen LogP contribution in [-0.2, 0) is 0 Å². The lowest BCUT2D eigenvalue weighted by Crippen LogP contribution is -2.31. The minimum atomic E-state index is 0.545. The van der Waals surface area contributed by atoms with E-state index in [0.29, 0.717) is 12.0 Å². The topological polar surface area (TPSA) is 12.0 Å². The highest BCUT2D eigenvalue weighted by Gasteiger charge is 2.10. The second-order valence-corrected chi connectivity index (χ2v) is 6.45. The molecule has 0 aliphatic heterocycles.